The number of ether oxygens (including phenoxy) is 1. The van der Waals surface area contributed by atoms with E-state index in [1.165, 1.54) is 0 Å². The molecule has 0 aromatic rings. The quantitative estimate of drug-likeness (QED) is 0.579. The molecule has 3 aliphatic rings. The maximum Gasteiger partial charge on any atom is 0.331 e. The SMILES string of the molecule is CCOC(=O)C1N=C2CC(C(C)(C)C)=NN2C2C=CCC12. The number of hydrogen-bond donors (Lipinski definition) is 0. The fraction of sp³-hybridized carbons (Fsp3) is 0.688. The van der Waals surface area contributed by atoms with Crippen molar-refractivity contribution in [1.82, 2.24) is 5.01 Å². The molecule has 21 heavy (non-hydrogen) atoms. The molecule has 5 heteroatoms. The van der Waals surface area contributed by atoms with Crippen LogP contribution in [0.15, 0.2) is 22.2 Å². The van der Waals surface area contributed by atoms with Crippen molar-refractivity contribution in [2.75, 3.05) is 6.61 Å². The molecule has 0 fully saturated rings. The first-order chi connectivity index (χ1) is 9.91. The molecule has 3 atom stereocenters. The molecule has 0 radical (unpaired) electrons. The number of esters is 1. The zero-order valence-corrected chi connectivity index (χ0v) is 13.2. The van der Waals surface area contributed by atoms with Crippen molar-refractivity contribution in [3.63, 3.8) is 0 Å². The van der Waals surface area contributed by atoms with E-state index in [2.05, 4.69) is 37.9 Å². The normalized spacial score (nSPS) is 30.7. The molecule has 5 nitrogen and oxygen atoms in total. The fourth-order valence-corrected chi connectivity index (χ4v) is 3.16. The molecule has 0 aromatic carbocycles. The highest BCUT2D eigenvalue weighted by Crippen LogP contribution is 2.38. The van der Waals surface area contributed by atoms with Crippen LogP contribution in [0.25, 0.3) is 0 Å². The van der Waals surface area contributed by atoms with Crippen LogP contribution in [0, 0.1) is 11.3 Å². The fourth-order valence-electron chi connectivity index (χ4n) is 3.16. The van der Waals surface area contributed by atoms with E-state index in [4.69, 9.17) is 9.84 Å². The Bertz CT molecular complexity index is 542. The van der Waals surface area contributed by atoms with Crippen molar-refractivity contribution in [3.05, 3.63) is 12.2 Å². The molecular formula is C16H23N3O2. The highest BCUT2D eigenvalue weighted by Gasteiger charge is 2.46. The Morgan fingerprint density at radius 3 is 2.90 bits per heavy atom. The highest BCUT2D eigenvalue weighted by molar-refractivity contribution is 6.10. The largest absolute Gasteiger partial charge is 0.464 e. The lowest BCUT2D eigenvalue weighted by molar-refractivity contribution is -0.146. The van der Waals surface area contributed by atoms with Gasteiger partial charge in [0.05, 0.1) is 18.4 Å². The summed E-state index contributed by atoms with van der Waals surface area (Å²) in [6.45, 7) is 8.72. The van der Waals surface area contributed by atoms with Gasteiger partial charge in [-0.25, -0.2) is 9.80 Å². The van der Waals surface area contributed by atoms with Gasteiger partial charge in [-0.15, -0.1) is 0 Å². The predicted molar refractivity (Wildman–Crippen MR) is 82.2 cm³/mol. The van der Waals surface area contributed by atoms with Crippen LogP contribution in [0.5, 0.6) is 0 Å². The van der Waals surface area contributed by atoms with Crippen LogP contribution in [-0.2, 0) is 9.53 Å². The van der Waals surface area contributed by atoms with Crippen LogP contribution in [-0.4, -0.2) is 41.2 Å². The number of hydrogen-bond acceptors (Lipinski definition) is 5. The minimum Gasteiger partial charge on any atom is -0.464 e. The van der Waals surface area contributed by atoms with Crippen LogP contribution in [0.2, 0.25) is 0 Å². The lowest BCUT2D eigenvalue weighted by Crippen LogP contribution is -2.48. The standard InChI is InChI=1S/C16H23N3O2/c1-5-21-15(20)14-10-7-6-8-11(10)19-13(17-14)9-12(18-19)16(2,3)4/h6,8,10-11,14H,5,7,9H2,1-4H3. The zero-order valence-electron chi connectivity index (χ0n) is 13.2. The van der Waals surface area contributed by atoms with E-state index in [-0.39, 0.29) is 29.4 Å². The molecule has 0 amide bonds. The third-order valence-corrected chi connectivity index (χ3v) is 4.37. The van der Waals surface area contributed by atoms with Gasteiger partial charge in [-0.05, 0) is 13.3 Å². The van der Waals surface area contributed by atoms with Gasteiger partial charge < -0.3 is 4.74 Å². The van der Waals surface area contributed by atoms with Crippen molar-refractivity contribution in [1.29, 1.82) is 0 Å². The Morgan fingerprint density at radius 2 is 2.24 bits per heavy atom. The van der Waals surface area contributed by atoms with Gasteiger partial charge >= 0.3 is 5.97 Å². The van der Waals surface area contributed by atoms with Gasteiger partial charge in [-0.2, -0.15) is 5.10 Å². The Balaban J connectivity index is 1.92. The van der Waals surface area contributed by atoms with Crippen molar-refractivity contribution in [3.8, 4) is 0 Å². The second kappa shape index (κ2) is 4.97. The van der Waals surface area contributed by atoms with Crippen molar-refractivity contribution in [2.45, 2.75) is 52.6 Å². The number of aliphatic imine (C=N–C) groups is 1. The number of allylic oxidation sites excluding steroid dienone is 1. The van der Waals surface area contributed by atoms with E-state index < -0.39 is 0 Å². The zero-order chi connectivity index (χ0) is 15.2. The monoisotopic (exact) mass is 289 g/mol. The molecule has 0 N–H and O–H groups in total. The third kappa shape index (κ3) is 2.39. The molecule has 1 aliphatic carbocycles. The van der Waals surface area contributed by atoms with Crippen LogP contribution >= 0.6 is 0 Å². The molecule has 0 saturated carbocycles. The van der Waals surface area contributed by atoms with Crippen LogP contribution in [0.3, 0.4) is 0 Å². The maximum atomic E-state index is 12.2. The highest BCUT2D eigenvalue weighted by atomic mass is 16.5. The van der Waals surface area contributed by atoms with E-state index in [0.29, 0.717) is 6.61 Å². The number of carbonyl (C=O) groups is 1. The van der Waals surface area contributed by atoms with Crippen LogP contribution in [0.4, 0.5) is 0 Å². The molecule has 3 unspecified atom stereocenters. The maximum absolute atomic E-state index is 12.2. The van der Waals surface area contributed by atoms with E-state index in [9.17, 15) is 4.79 Å². The molecule has 3 rings (SSSR count). The van der Waals surface area contributed by atoms with Crippen LogP contribution < -0.4 is 0 Å². The van der Waals surface area contributed by atoms with Gasteiger partial charge in [0.15, 0.2) is 6.04 Å². The molecule has 114 valence electrons. The van der Waals surface area contributed by atoms with Crippen molar-refractivity contribution in [2.24, 2.45) is 21.4 Å². The first-order valence-corrected chi connectivity index (χ1v) is 7.69. The summed E-state index contributed by atoms with van der Waals surface area (Å²) in [5.41, 5.74) is 1.15. The molecule has 2 heterocycles. The second-order valence-corrected chi connectivity index (χ2v) is 6.88. The van der Waals surface area contributed by atoms with Gasteiger partial charge in [-0.1, -0.05) is 32.9 Å². The summed E-state index contributed by atoms with van der Waals surface area (Å²) in [5, 5.41) is 6.80. The van der Waals surface area contributed by atoms with E-state index in [1.807, 2.05) is 11.9 Å². The van der Waals surface area contributed by atoms with Crippen molar-refractivity contribution < 1.29 is 9.53 Å². The first-order valence-electron chi connectivity index (χ1n) is 7.69. The average Bonchev–Trinajstić information content (AvgIpc) is 3.02. The van der Waals surface area contributed by atoms with Gasteiger partial charge in [0.1, 0.15) is 5.84 Å². The number of carbonyl (C=O) groups excluding carboxylic acids is 1. The summed E-state index contributed by atoms with van der Waals surface area (Å²) in [5.74, 6) is 0.856. The van der Waals surface area contributed by atoms with Gasteiger partial charge in [0, 0.05) is 17.8 Å². The Hall–Kier alpha value is -1.65. The Kier molecular flexibility index (Phi) is 3.38. The van der Waals surface area contributed by atoms with Gasteiger partial charge in [0.25, 0.3) is 0 Å². The van der Waals surface area contributed by atoms with Crippen molar-refractivity contribution >= 4 is 17.5 Å². The predicted octanol–water partition coefficient (Wildman–Crippen LogP) is 2.38. The molecular weight excluding hydrogens is 266 g/mol. The smallest absolute Gasteiger partial charge is 0.331 e. The third-order valence-electron chi connectivity index (χ3n) is 4.37. The molecule has 0 bridgehead atoms. The van der Waals surface area contributed by atoms with E-state index >= 15 is 0 Å². The number of rotatable bonds is 2. The second-order valence-electron chi connectivity index (χ2n) is 6.88. The Labute approximate surface area is 125 Å². The van der Waals surface area contributed by atoms with E-state index in [1.54, 1.807) is 0 Å². The number of fused-ring (bicyclic) bond motifs is 3. The van der Waals surface area contributed by atoms with E-state index in [0.717, 1.165) is 24.4 Å². The van der Waals surface area contributed by atoms with Gasteiger partial charge in [0.2, 0.25) is 0 Å². The summed E-state index contributed by atoms with van der Waals surface area (Å²) in [6, 6.07) is -0.238. The number of nitrogens with zero attached hydrogens (tertiary/aromatic N) is 3. The topological polar surface area (TPSA) is 54.3 Å². The van der Waals surface area contributed by atoms with Gasteiger partial charge in [-0.3, -0.25) is 4.99 Å². The summed E-state index contributed by atoms with van der Waals surface area (Å²) in [6.07, 6.45) is 5.88. The summed E-state index contributed by atoms with van der Waals surface area (Å²) in [4.78, 5) is 16.9. The minimum atomic E-state index is -0.384. The van der Waals surface area contributed by atoms with Crippen LogP contribution in [0.1, 0.15) is 40.5 Å². The summed E-state index contributed by atoms with van der Waals surface area (Å²) >= 11 is 0. The molecule has 0 spiro atoms. The average molecular weight is 289 g/mol. The molecule has 0 aromatic heterocycles. The lowest BCUT2D eigenvalue weighted by atomic mass is 9.87. The molecule has 2 aliphatic heterocycles. The Morgan fingerprint density at radius 1 is 1.48 bits per heavy atom. The minimum absolute atomic E-state index is 0.0249. The number of amidine groups is 1. The summed E-state index contributed by atoms with van der Waals surface area (Å²) < 4.78 is 5.20. The first kappa shape index (κ1) is 14.3. The lowest BCUT2D eigenvalue weighted by Gasteiger charge is -2.35. The molecule has 0 saturated heterocycles. The summed E-state index contributed by atoms with van der Waals surface area (Å²) in [7, 11) is 0. The number of hydrazone groups is 1.